The Kier molecular flexibility index (Phi) is 6.29. The molecule has 0 amide bonds. The van der Waals surface area contributed by atoms with Gasteiger partial charge in [0.05, 0.1) is 0 Å². The predicted octanol–water partition coefficient (Wildman–Crippen LogP) is 8.03. The van der Waals surface area contributed by atoms with Gasteiger partial charge in [-0.1, -0.05) is 74.7 Å². The van der Waals surface area contributed by atoms with E-state index in [4.69, 9.17) is 0 Å². The maximum absolute atomic E-state index is 14.9. The topological polar surface area (TPSA) is 12.0 Å². The van der Waals surface area contributed by atoms with Crippen LogP contribution in [0.25, 0.3) is 22.3 Å². The van der Waals surface area contributed by atoms with Gasteiger partial charge in [0.2, 0.25) is 0 Å². The molecule has 4 rings (SSSR count). The molecule has 0 atom stereocenters. The molecule has 0 bridgehead atoms. The first-order chi connectivity index (χ1) is 14.2. The fraction of sp³-hybridized carbons (Fsp3) is 0.333. The van der Waals surface area contributed by atoms with E-state index in [1.54, 1.807) is 6.07 Å². The molecule has 3 aromatic carbocycles. The van der Waals surface area contributed by atoms with Crippen LogP contribution >= 0.6 is 0 Å². The summed E-state index contributed by atoms with van der Waals surface area (Å²) in [6.45, 7) is 3.11. The van der Waals surface area contributed by atoms with E-state index in [1.807, 2.05) is 24.3 Å². The van der Waals surface area contributed by atoms with Crippen LogP contribution in [0, 0.1) is 5.82 Å². The van der Waals surface area contributed by atoms with Crippen molar-refractivity contribution in [3.8, 4) is 22.3 Å². The van der Waals surface area contributed by atoms with E-state index in [0.717, 1.165) is 35.3 Å². The summed E-state index contributed by atoms with van der Waals surface area (Å²) in [6, 6.07) is 22.3. The number of benzene rings is 3. The van der Waals surface area contributed by atoms with Crippen molar-refractivity contribution in [1.82, 2.24) is 0 Å². The van der Waals surface area contributed by atoms with Crippen LogP contribution in [0.4, 0.5) is 10.1 Å². The van der Waals surface area contributed by atoms with Crippen molar-refractivity contribution in [3.05, 3.63) is 78.1 Å². The summed E-state index contributed by atoms with van der Waals surface area (Å²) < 4.78 is 14.9. The minimum Gasteiger partial charge on any atom is -0.385 e. The smallest absolute Gasteiger partial charge is 0.131 e. The lowest BCUT2D eigenvalue weighted by Crippen LogP contribution is -2.04. The average molecular weight is 388 g/mol. The quantitative estimate of drug-likeness (QED) is 0.451. The van der Waals surface area contributed by atoms with Crippen LogP contribution in [0.5, 0.6) is 0 Å². The molecule has 150 valence electrons. The number of anilines is 1. The van der Waals surface area contributed by atoms with Crippen LogP contribution in [-0.2, 0) is 0 Å². The molecule has 1 nitrogen and oxygen atoms in total. The summed E-state index contributed by atoms with van der Waals surface area (Å²) >= 11 is 0. The maximum Gasteiger partial charge on any atom is 0.131 e. The Morgan fingerprint density at radius 3 is 2.10 bits per heavy atom. The van der Waals surface area contributed by atoms with E-state index >= 15 is 0 Å². The van der Waals surface area contributed by atoms with Crippen molar-refractivity contribution in [1.29, 1.82) is 0 Å². The summed E-state index contributed by atoms with van der Waals surface area (Å²) in [6.07, 6.45) is 7.70. The lowest BCUT2D eigenvalue weighted by Gasteiger charge is -2.22. The first kappa shape index (κ1) is 19.7. The number of rotatable bonds is 6. The Morgan fingerprint density at radius 1 is 0.793 bits per heavy atom. The Labute approximate surface area is 174 Å². The highest BCUT2D eigenvalue weighted by molar-refractivity contribution is 5.72. The first-order valence-corrected chi connectivity index (χ1v) is 11.0. The monoisotopic (exact) mass is 387 g/mol. The lowest BCUT2D eigenvalue weighted by atomic mass is 9.83. The highest BCUT2D eigenvalue weighted by Gasteiger charge is 2.15. The zero-order chi connectivity index (χ0) is 20.1. The SMILES string of the molecule is CCCNc1ccc(-c2ccc(-c3ccc(C4CCCCC4)cc3)c(F)c2)cc1. The standard InChI is InChI=1S/C27H30FN/c1-2-18-29-25-15-12-22(13-16-25)24-14-17-26(27(28)19-24)23-10-8-21(9-11-23)20-6-4-3-5-7-20/h8-17,19-20,29H,2-7,18H2,1H3. The van der Waals surface area contributed by atoms with Crippen molar-refractivity contribution in [3.63, 3.8) is 0 Å². The van der Waals surface area contributed by atoms with Crippen molar-refractivity contribution in [2.24, 2.45) is 0 Å². The van der Waals surface area contributed by atoms with Crippen LogP contribution in [0.1, 0.15) is 56.9 Å². The second kappa shape index (κ2) is 9.26. The first-order valence-electron chi connectivity index (χ1n) is 11.0. The Bertz CT molecular complexity index is 922. The molecule has 0 aliphatic heterocycles. The highest BCUT2D eigenvalue weighted by Crippen LogP contribution is 2.34. The number of nitrogens with one attached hydrogen (secondary N) is 1. The molecule has 1 aliphatic rings. The fourth-order valence-corrected chi connectivity index (χ4v) is 4.35. The van der Waals surface area contributed by atoms with Crippen LogP contribution < -0.4 is 5.32 Å². The van der Waals surface area contributed by atoms with E-state index in [9.17, 15) is 4.39 Å². The second-order valence-corrected chi connectivity index (χ2v) is 8.16. The summed E-state index contributed by atoms with van der Waals surface area (Å²) in [5.41, 5.74) is 6.07. The predicted molar refractivity (Wildman–Crippen MR) is 122 cm³/mol. The molecular formula is C27H30FN. The molecule has 1 N–H and O–H groups in total. The molecule has 2 heteroatoms. The summed E-state index contributed by atoms with van der Waals surface area (Å²) in [7, 11) is 0. The minimum absolute atomic E-state index is 0.166. The van der Waals surface area contributed by atoms with Gasteiger partial charge < -0.3 is 5.32 Å². The molecule has 3 aromatic rings. The second-order valence-electron chi connectivity index (χ2n) is 8.16. The third-order valence-electron chi connectivity index (χ3n) is 6.06. The van der Waals surface area contributed by atoms with Gasteiger partial charge in [0, 0.05) is 17.8 Å². The van der Waals surface area contributed by atoms with Crippen LogP contribution in [0.3, 0.4) is 0 Å². The largest absolute Gasteiger partial charge is 0.385 e. The zero-order valence-electron chi connectivity index (χ0n) is 17.3. The van der Waals surface area contributed by atoms with E-state index in [-0.39, 0.29) is 5.82 Å². The van der Waals surface area contributed by atoms with Gasteiger partial charge in [-0.3, -0.25) is 0 Å². The van der Waals surface area contributed by atoms with Gasteiger partial charge in [0.25, 0.3) is 0 Å². The van der Waals surface area contributed by atoms with Gasteiger partial charge in [-0.15, -0.1) is 0 Å². The molecule has 0 radical (unpaired) electrons. The van der Waals surface area contributed by atoms with E-state index in [2.05, 4.69) is 48.6 Å². The van der Waals surface area contributed by atoms with Crippen LogP contribution in [-0.4, -0.2) is 6.54 Å². The molecule has 1 aliphatic carbocycles. The van der Waals surface area contributed by atoms with Gasteiger partial charge in [0.1, 0.15) is 5.82 Å². The Balaban J connectivity index is 1.51. The third kappa shape index (κ3) is 4.70. The highest BCUT2D eigenvalue weighted by atomic mass is 19.1. The lowest BCUT2D eigenvalue weighted by molar-refractivity contribution is 0.443. The summed E-state index contributed by atoms with van der Waals surface area (Å²) in [5.74, 6) is 0.515. The molecule has 0 heterocycles. The van der Waals surface area contributed by atoms with Crippen LogP contribution in [0.15, 0.2) is 66.7 Å². The van der Waals surface area contributed by atoms with E-state index in [1.165, 1.54) is 37.7 Å². The molecule has 0 saturated heterocycles. The van der Waals surface area contributed by atoms with E-state index in [0.29, 0.717) is 11.5 Å². The maximum atomic E-state index is 14.9. The average Bonchev–Trinajstić information content (AvgIpc) is 2.79. The molecule has 29 heavy (non-hydrogen) atoms. The normalized spacial score (nSPS) is 14.7. The third-order valence-corrected chi connectivity index (χ3v) is 6.06. The summed E-state index contributed by atoms with van der Waals surface area (Å²) in [4.78, 5) is 0. The van der Waals surface area contributed by atoms with Crippen molar-refractivity contribution in [2.75, 3.05) is 11.9 Å². The Hall–Kier alpha value is -2.61. The Morgan fingerprint density at radius 2 is 1.45 bits per heavy atom. The molecular weight excluding hydrogens is 357 g/mol. The molecule has 1 saturated carbocycles. The minimum atomic E-state index is -0.166. The molecule has 1 fully saturated rings. The van der Waals surface area contributed by atoms with Crippen molar-refractivity contribution >= 4 is 5.69 Å². The summed E-state index contributed by atoms with van der Waals surface area (Å²) in [5, 5.41) is 3.37. The molecule has 0 spiro atoms. The van der Waals surface area contributed by atoms with Gasteiger partial charge in [-0.25, -0.2) is 4.39 Å². The fourth-order valence-electron chi connectivity index (χ4n) is 4.35. The van der Waals surface area contributed by atoms with Gasteiger partial charge >= 0.3 is 0 Å². The molecule has 0 unspecified atom stereocenters. The number of hydrogen-bond donors (Lipinski definition) is 1. The van der Waals surface area contributed by atoms with Crippen molar-refractivity contribution in [2.45, 2.75) is 51.4 Å². The van der Waals surface area contributed by atoms with Crippen molar-refractivity contribution < 1.29 is 4.39 Å². The number of hydrogen-bond acceptors (Lipinski definition) is 1. The van der Waals surface area contributed by atoms with Gasteiger partial charge in [0.15, 0.2) is 0 Å². The molecule has 0 aromatic heterocycles. The van der Waals surface area contributed by atoms with Gasteiger partial charge in [-0.05, 0) is 65.6 Å². The zero-order valence-corrected chi connectivity index (χ0v) is 17.3. The van der Waals surface area contributed by atoms with Crippen LogP contribution in [0.2, 0.25) is 0 Å². The van der Waals surface area contributed by atoms with Gasteiger partial charge in [-0.2, -0.15) is 0 Å². The van der Waals surface area contributed by atoms with E-state index < -0.39 is 0 Å². The number of halogens is 1.